The Hall–Kier alpha value is -3.00. The van der Waals surface area contributed by atoms with Crippen LogP contribution in [0.2, 0.25) is 0 Å². The SMILES string of the molecule is CC(=O)Nc1ccc(-c2ccn3ncc(CC(=O)O)c3c2)c(N2CCC(O)CC2)c1.OCCP. The lowest BCUT2D eigenvalue weighted by atomic mass is 9.99. The van der Waals surface area contributed by atoms with E-state index < -0.39 is 5.97 Å². The zero-order valence-electron chi connectivity index (χ0n) is 19.1. The van der Waals surface area contributed by atoms with Crippen molar-refractivity contribution in [3.8, 4) is 11.1 Å². The van der Waals surface area contributed by atoms with E-state index in [1.165, 1.54) is 6.92 Å². The predicted octanol–water partition coefficient (Wildman–Crippen LogP) is 2.40. The summed E-state index contributed by atoms with van der Waals surface area (Å²) < 4.78 is 1.67. The van der Waals surface area contributed by atoms with E-state index in [1.54, 1.807) is 10.7 Å². The van der Waals surface area contributed by atoms with E-state index in [0.29, 0.717) is 24.1 Å². The van der Waals surface area contributed by atoms with E-state index in [2.05, 4.69) is 24.6 Å². The number of benzene rings is 1. The van der Waals surface area contributed by atoms with Crippen LogP contribution in [0.25, 0.3) is 16.6 Å². The summed E-state index contributed by atoms with van der Waals surface area (Å²) in [5.74, 6) is -1.04. The molecule has 0 aliphatic carbocycles. The second kappa shape index (κ2) is 11.9. The number of aliphatic hydroxyl groups is 2. The summed E-state index contributed by atoms with van der Waals surface area (Å²) in [6, 6.07) is 9.66. The maximum Gasteiger partial charge on any atom is 0.307 e. The van der Waals surface area contributed by atoms with Crippen molar-refractivity contribution in [2.24, 2.45) is 0 Å². The molecule has 0 saturated carbocycles. The average molecular weight is 487 g/mol. The van der Waals surface area contributed by atoms with Gasteiger partial charge >= 0.3 is 5.97 Å². The molecule has 9 nitrogen and oxygen atoms in total. The lowest BCUT2D eigenvalue weighted by Gasteiger charge is -2.33. The number of carboxylic acids is 1. The van der Waals surface area contributed by atoms with Gasteiger partial charge < -0.3 is 25.5 Å². The second-order valence-electron chi connectivity index (χ2n) is 8.13. The van der Waals surface area contributed by atoms with Gasteiger partial charge in [0.15, 0.2) is 0 Å². The van der Waals surface area contributed by atoms with Crippen LogP contribution in [-0.2, 0) is 16.0 Å². The first kappa shape index (κ1) is 25.6. The fourth-order valence-corrected chi connectivity index (χ4v) is 3.92. The minimum absolute atomic E-state index is 0.0920. The molecule has 0 spiro atoms. The number of piperidine rings is 1. The predicted molar refractivity (Wildman–Crippen MR) is 135 cm³/mol. The smallest absolute Gasteiger partial charge is 0.307 e. The number of pyridine rings is 1. The normalized spacial score (nSPS) is 13.9. The summed E-state index contributed by atoms with van der Waals surface area (Å²) in [4.78, 5) is 24.9. The third-order valence-electron chi connectivity index (χ3n) is 5.51. The molecule has 4 rings (SSSR count). The van der Waals surface area contributed by atoms with Crippen molar-refractivity contribution < 1.29 is 24.9 Å². The quantitative estimate of drug-likeness (QED) is 0.394. The van der Waals surface area contributed by atoms with E-state index >= 15 is 0 Å². The van der Waals surface area contributed by atoms with Crippen molar-refractivity contribution in [3.63, 3.8) is 0 Å². The lowest BCUT2D eigenvalue weighted by molar-refractivity contribution is -0.136. The lowest BCUT2D eigenvalue weighted by Crippen LogP contribution is -2.36. The molecular weight excluding hydrogens is 455 g/mol. The van der Waals surface area contributed by atoms with Crippen molar-refractivity contribution in [1.82, 2.24) is 9.61 Å². The number of aliphatic carboxylic acids is 1. The van der Waals surface area contributed by atoms with Crippen molar-refractivity contribution in [1.29, 1.82) is 0 Å². The number of carboxylic acid groups (broad SMARTS) is 1. The third kappa shape index (κ3) is 6.53. The molecule has 1 fully saturated rings. The molecule has 1 atom stereocenters. The molecule has 1 aliphatic rings. The highest BCUT2D eigenvalue weighted by atomic mass is 31.0. The Morgan fingerprint density at radius 1 is 1.21 bits per heavy atom. The number of hydrogen-bond acceptors (Lipinski definition) is 6. The molecule has 1 amide bonds. The number of aliphatic hydroxyl groups excluding tert-OH is 2. The number of hydrogen-bond donors (Lipinski definition) is 4. The van der Waals surface area contributed by atoms with E-state index in [0.717, 1.165) is 41.6 Å². The fourth-order valence-electron chi connectivity index (χ4n) is 3.92. The highest BCUT2D eigenvalue weighted by Crippen LogP contribution is 2.36. The third-order valence-corrected chi connectivity index (χ3v) is 5.76. The van der Waals surface area contributed by atoms with Gasteiger partial charge in [-0.3, -0.25) is 9.59 Å². The first-order chi connectivity index (χ1) is 16.3. The Morgan fingerprint density at radius 2 is 1.91 bits per heavy atom. The minimum Gasteiger partial charge on any atom is -0.481 e. The van der Waals surface area contributed by atoms with Crippen LogP contribution in [0.1, 0.15) is 25.3 Å². The van der Waals surface area contributed by atoms with E-state index in [1.807, 2.05) is 36.5 Å². The molecule has 2 aromatic heterocycles. The number of rotatable bonds is 6. The molecule has 34 heavy (non-hydrogen) atoms. The Morgan fingerprint density at radius 3 is 2.53 bits per heavy atom. The number of carbonyl (C=O) groups excluding carboxylic acids is 1. The molecule has 3 heterocycles. The highest BCUT2D eigenvalue weighted by Gasteiger charge is 2.21. The number of aromatic nitrogens is 2. The monoisotopic (exact) mass is 486 g/mol. The molecule has 1 saturated heterocycles. The molecule has 1 aromatic carbocycles. The Balaban J connectivity index is 0.000000751. The highest BCUT2D eigenvalue weighted by molar-refractivity contribution is 7.16. The van der Waals surface area contributed by atoms with Crippen LogP contribution in [-0.4, -0.2) is 68.8 Å². The summed E-state index contributed by atoms with van der Waals surface area (Å²) >= 11 is 0. The molecule has 182 valence electrons. The number of amides is 1. The molecule has 1 aliphatic heterocycles. The summed E-state index contributed by atoms with van der Waals surface area (Å²) in [5, 5.41) is 34.0. The van der Waals surface area contributed by atoms with Gasteiger partial charge in [0.2, 0.25) is 5.91 Å². The van der Waals surface area contributed by atoms with E-state index in [4.69, 9.17) is 5.11 Å². The van der Waals surface area contributed by atoms with Gasteiger partial charge in [-0.05, 0) is 48.8 Å². The van der Waals surface area contributed by atoms with Gasteiger partial charge in [0.05, 0.1) is 24.2 Å². The average Bonchev–Trinajstić information content (AvgIpc) is 3.20. The molecule has 1 unspecified atom stereocenters. The van der Waals surface area contributed by atoms with Crippen molar-refractivity contribution in [3.05, 3.63) is 48.3 Å². The molecule has 0 bridgehead atoms. The molecule has 10 heteroatoms. The standard InChI is InChI=1S/C22H24N4O4.C2H7OP/c1-14(27)24-17-2-3-19(21(12-17)25-7-5-18(28)6-8-25)15-4-9-26-20(10-15)16(13-23-26)11-22(29)30;3-1-2-4/h2-4,9-10,12-13,18,28H,5-8,11H2,1H3,(H,24,27)(H,29,30);3H,1-2,4H2. The number of nitrogens with zero attached hydrogens (tertiary/aromatic N) is 3. The van der Waals surface area contributed by atoms with Gasteiger partial charge in [-0.25, -0.2) is 4.52 Å². The largest absolute Gasteiger partial charge is 0.481 e. The maximum absolute atomic E-state index is 11.5. The van der Waals surface area contributed by atoms with Crippen LogP contribution in [0.5, 0.6) is 0 Å². The van der Waals surface area contributed by atoms with Gasteiger partial charge in [0, 0.05) is 55.3 Å². The fraction of sp³-hybridized carbons (Fsp3) is 0.375. The Labute approximate surface area is 200 Å². The van der Waals surface area contributed by atoms with Gasteiger partial charge in [0.25, 0.3) is 0 Å². The van der Waals surface area contributed by atoms with Crippen molar-refractivity contribution in [2.75, 3.05) is 36.1 Å². The first-order valence-corrected chi connectivity index (χ1v) is 12.0. The topological polar surface area (TPSA) is 127 Å². The van der Waals surface area contributed by atoms with Crippen LogP contribution >= 0.6 is 9.24 Å². The zero-order chi connectivity index (χ0) is 24.7. The van der Waals surface area contributed by atoms with Gasteiger partial charge in [0.1, 0.15) is 0 Å². The summed E-state index contributed by atoms with van der Waals surface area (Å²) in [5.41, 5.74) is 5.00. The Kier molecular flexibility index (Phi) is 8.98. The maximum atomic E-state index is 11.5. The molecule has 4 N–H and O–H groups in total. The van der Waals surface area contributed by atoms with E-state index in [9.17, 15) is 19.8 Å². The number of fused-ring (bicyclic) bond motifs is 1. The van der Waals surface area contributed by atoms with Gasteiger partial charge in [-0.2, -0.15) is 5.10 Å². The molecule has 3 aromatic rings. The summed E-state index contributed by atoms with van der Waals surface area (Å²) in [7, 11) is 2.41. The van der Waals surface area contributed by atoms with E-state index in [-0.39, 0.29) is 25.0 Å². The number of carbonyl (C=O) groups is 2. The van der Waals surface area contributed by atoms with Crippen molar-refractivity contribution in [2.45, 2.75) is 32.3 Å². The first-order valence-electron chi connectivity index (χ1n) is 11.2. The number of nitrogens with one attached hydrogen (secondary N) is 1. The second-order valence-corrected chi connectivity index (χ2v) is 8.71. The zero-order valence-corrected chi connectivity index (χ0v) is 20.3. The summed E-state index contributed by atoms with van der Waals surface area (Å²) in [6.45, 7) is 3.20. The van der Waals surface area contributed by atoms with Crippen LogP contribution in [0.15, 0.2) is 42.7 Å². The Bertz CT molecular complexity index is 1140. The molecular formula is C24H31N4O5P. The van der Waals surface area contributed by atoms with Gasteiger partial charge in [-0.15, -0.1) is 9.24 Å². The van der Waals surface area contributed by atoms with Crippen molar-refractivity contribution >= 4 is 38.0 Å². The minimum atomic E-state index is -0.900. The van der Waals surface area contributed by atoms with Crippen LogP contribution in [0.4, 0.5) is 11.4 Å². The van der Waals surface area contributed by atoms with Gasteiger partial charge in [-0.1, -0.05) is 6.07 Å². The number of anilines is 2. The molecule has 0 radical (unpaired) electrons. The van der Waals surface area contributed by atoms with Crippen LogP contribution in [0.3, 0.4) is 0 Å². The van der Waals surface area contributed by atoms with Crippen LogP contribution in [0, 0.1) is 0 Å². The van der Waals surface area contributed by atoms with Crippen LogP contribution < -0.4 is 10.2 Å². The summed E-state index contributed by atoms with van der Waals surface area (Å²) in [6.07, 6.45) is 5.19.